The molecule has 0 saturated carbocycles. The number of benzene rings is 2. The minimum Gasteiger partial charge on any atom is -0.494 e. The zero-order valence-electron chi connectivity index (χ0n) is 15.3. The van der Waals surface area contributed by atoms with Gasteiger partial charge in [-0.2, -0.15) is 11.3 Å². The molecule has 1 aromatic heterocycles. The molecule has 0 aliphatic carbocycles. The summed E-state index contributed by atoms with van der Waals surface area (Å²) in [5.74, 6) is 1.22. The lowest BCUT2D eigenvalue weighted by atomic mass is 9.87. The number of ether oxygens (including phenoxy) is 1. The second kappa shape index (κ2) is 8.81. The summed E-state index contributed by atoms with van der Waals surface area (Å²) in [6.45, 7) is 5.00. The normalized spacial score (nSPS) is 11.9. The maximum absolute atomic E-state index is 10.7. The van der Waals surface area contributed by atoms with Crippen LogP contribution in [0.25, 0.3) is 0 Å². The average Bonchev–Trinajstić information content (AvgIpc) is 3.19. The van der Waals surface area contributed by atoms with Gasteiger partial charge in [0.05, 0.1) is 6.61 Å². The Kier molecular flexibility index (Phi) is 6.24. The first-order chi connectivity index (χ1) is 12.7. The molecule has 0 aliphatic heterocycles. The van der Waals surface area contributed by atoms with Crippen LogP contribution >= 0.6 is 11.3 Å². The van der Waals surface area contributed by atoms with E-state index in [4.69, 9.17) is 4.74 Å². The summed E-state index contributed by atoms with van der Waals surface area (Å²) < 4.78 is 5.84. The number of hydrogen-bond donors (Lipinski definition) is 0. The van der Waals surface area contributed by atoms with E-state index < -0.39 is 0 Å². The fourth-order valence-corrected chi connectivity index (χ4v) is 3.81. The van der Waals surface area contributed by atoms with Gasteiger partial charge in [0.1, 0.15) is 12.0 Å². The van der Waals surface area contributed by atoms with Crippen LogP contribution in [-0.2, 0) is 0 Å². The van der Waals surface area contributed by atoms with Crippen molar-refractivity contribution in [2.24, 2.45) is 0 Å². The highest BCUT2D eigenvalue weighted by molar-refractivity contribution is 7.08. The molecule has 3 rings (SSSR count). The van der Waals surface area contributed by atoms with E-state index in [0.29, 0.717) is 18.1 Å². The molecular formula is C23H24O2S. The van der Waals surface area contributed by atoms with Crippen LogP contribution in [0.3, 0.4) is 0 Å². The molecule has 1 heterocycles. The Morgan fingerprint density at radius 2 is 1.81 bits per heavy atom. The van der Waals surface area contributed by atoms with Gasteiger partial charge in [0, 0.05) is 11.5 Å². The van der Waals surface area contributed by atoms with Crippen LogP contribution in [0, 0.1) is 13.8 Å². The van der Waals surface area contributed by atoms with Crippen molar-refractivity contribution in [3.63, 3.8) is 0 Å². The molecule has 0 unspecified atom stereocenters. The highest BCUT2D eigenvalue weighted by Gasteiger charge is 2.15. The lowest BCUT2D eigenvalue weighted by Crippen LogP contribution is -2.05. The second-order valence-electron chi connectivity index (χ2n) is 6.63. The Morgan fingerprint density at radius 1 is 1.00 bits per heavy atom. The third-order valence-corrected chi connectivity index (χ3v) is 5.50. The summed E-state index contributed by atoms with van der Waals surface area (Å²) >= 11 is 1.75. The standard InChI is InChI=1S/C23H24O2S/c1-17-5-8-20(14-18(17)2)23(21-11-13-26-16-21)4-3-12-25-22-9-6-19(15-24)7-10-22/h5-11,13-16,23H,3-4,12H2,1-2H3/t23-/m1/s1. The zero-order chi connectivity index (χ0) is 18.4. The van der Waals surface area contributed by atoms with Gasteiger partial charge < -0.3 is 4.74 Å². The molecule has 0 fully saturated rings. The van der Waals surface area contributed by atoms with Gasteiger partial charge in [-0.3, -0.25) is 4.79 Å². The number of aldehydes is 1. The fourth-order valence-electron chi connectivity index (χ4n) is 3.10. The van der Waals surface area contributed by atoms with E-state index in [1.807, 2.05) is 12.1 Å². The van der Waals surface area contributed by atoms with Crippen molar-refractivity contribution in [3.05, 3.63) is 87.1 Å². The first-order valence-electron chi connectivity index (χ1n) is 8.94. The van der Waals surface area contributed by atoms with Crippen molar-refractivity contribution in [1.29, 1.82) is 0 Å². The van der Waals surface area contributed by atoms with Crippen LogP contribution in [0.5, 0.6) is 5.75 Å². The van der Waals surface area contributed by atoms with Gasteiger partial charge in [-0.1, -0.05) is 18.2 Å². The van der Waals surface area contributed by atoms with Crippen molar-refractivity contribution < 1.29 is 9.53 Å². The summed E-state index contributed by atoms with van der Waals surface area (Å²) in [5.41, 5.74) is 6.11. The molecular weight excluding hydrogens is 340 g/mol. The van der Waals surface area contributed by atoms with E-state index in [0.717, 1.165) is 24.9 Å². The molecule has 1 atom stereocenters. The number of thiophene rings is 1. The molecule has 0 amide bonds. The Labute approximate surface area is 159 Å². The Hall–Kier alpha value is -2.39. The van der Waals surface area contributed by atoms with Crippen molar-refractivity contribution in [2.75, 3.05) is 6.61 Å². The smallest absolute Gasteiger partial charge is 0.150 e. The number of carbonyl (C=O) groups is 1. The van der Waals surface area contributed by atoms with Crippen LogP contribution < -0.4 is 4.74 Å². The van der Waals surface area contributed by atoms with Gasteiger partial charge in [-0.25, -0.2) is 0 Å². The van der Waals surface area contributed by atoms with Crippen molar-refractivity contribution in [1.82, 2.24) is 0 Å². The molecule has 0 radical (unpaired) electrons. The SMILES string of the molecule is Cc1ccc([C@@H](CCCOc2ccc(C=O)cc2)c2ccsc2)cc1C. The predicted octanol–water partition coefficient (Wildman–Crippen LogP) is 6.17. The molecule has 3 heteroatoms. The van der Waals surface area contributed by atoms with Crippen LogP contribution in [0.4, 0.5) is 0 Å². The third-order valence-electron chi connectivity index (χ3n) is 4.80. The Balaban J connectivity index is 1.63. The molecule has 0 saturated heterocycles. The summed E-state index contributed by atoms with van der Waals surface area (Å²) in [7, 11) is 0. The molecule has 0 N–H and O–H groups in total. The predicted molar refractivity (Wildman–Crippen MR) is 109 cm³/mol. The number of rotatable bonds is 8. The third kappa shape index (κ3) is 4.61. The van der Waals surface area contributed by atoms with Crippen molar-refractivity contribution in [3.8, 4) is 5.75 Å². The van der Waals surface area contributed by atoms with Crippen LogP contribution in [0.15, 0.2) is 59.3 Å². The zero-order valence-corrected chi connectivity index (χ0v) is 16.1. The summed E-state index contributed by atoms with van der Waals surface area (Å²) in [6, 6.07) is 16.3. The van der Waals surface area contributed by atoms with E-state index in [1.165, 1.54) is 22.3 Å². The van der Waals surface area contributed by atoms with E-state index in [1.54, 1.807) is 23.5 Å². The van der Waals surface area contributed by atoms with Crippen LogP contribution in [0.1, 0.15) is 51.4 Å². The first kappa shape index (κ1) is 18.4. The van der Waals surface area contributed by atoms with Gasteiger partial charge in [-0.15, -0.1) is 0 Å². The molecule has 0 bridgehead atoms. The lowest BCUT2D eigenvalue weighted by Gasteiger charge is -2.18. The van der Waals surface area contributed by atoms with Gasteiger partial charge in [0.25, 0.3) is 0 Å². The molecule has 134 valence electrons. The van der Waals surface area contributed by atoms with Crippen LogP contribution in [0.2, 0.25) is 0 Å². The number of hydrogen-bond acceptors (Lipinski definition) is 3. The van der Waals surface area contributed by atoms with Gasteiger partial charge in [-0.05, 0) is 90.0 Å². The van der Waals surface area contributed by atoms with Crippen molar-refractivity contribution >= 4 is 17.6 Å². The van der Waals surface area contributed by atoms with Gasteiger partial charge >= 0.3 is 0 Å². The van der Waals surface area contributed by atoms with E-state index in [-0.39, 0.29) is 0 Å². The maximum Gasteiger partial charge on any atom is 0.150 e. The highest BCUT2D eigenvalue weighted by atomic mass is 32.1. The molecule has 3 aromatic rings. The minimum absolute atomic E-state index is 0.404. The van der Waals surface area contributed by atoms with Gasteiger partial charge in [0.15, 0.2) is 0 Å². The minimum atomic E-state index is 0.404. The first-order valence-corrected chi connectivity index (χ1v) is 9.89. The second-order valence-corrected chi connectivity index (χ2v) is 7.41. The summed E-state index contributed by atoms with van der Waals surface area (Å²) in [4.78, 5) is 10.7. The number of carbonyl (C=O) groups excluding carboxylic acids is 1. The Morgan fingerprint density at radius 3 is 2.46 bits per heavy atom. The van der Waals surface area contributed by atoms with Crippen molar-refractivity contribution in [2.45, 2.75) is 32.6 Å². The molecule has 2 nitrogen and oxygen atoms in total. The van der Waals surface area contributed by atoms with E-state index in [9.17, 15) is 4.79 Å². The average molecular weight is 365 g/mol. The fraction of sp³-hybridized carbons (Fsp3) is 0.261. The molecule has 2 aromatic carbocycles. The molecule has 26 heavy (non-hydrogen) atoms. The summed E-state index contributed by atoms with van der Waals surface area (Å²) in [5, 5.41) is 4.40. The van der Waals surface area contributed by atoms with E-state index >= 15 is 0 Å². The Bertz CT molecular complexity index is 835. The van der Waals surface area contributed by atoms with E-state index in [2.05, 4.69) is 48.9 Å². The van der Waals surface area contributed by atoms with Crippen LogP contribution in [-0.4, -0.2) is 12.9 Å². The van der Waals surface area contributed by atoms with Gasteiger partial charge in [0.2, 0.25) is 0 Å². The maximum atomic E-state index is 10.7. The summed E-state index contributed by atoms with van der Waals surface area (Å²) in [6.07, 6.45) is 2.87. The monoisotopic (exact) mass is 364 g/mol. The highest BCUT2D eigenvalue weighted by Crippen LogP contribution is 2.32. The quantitative estimate of drug-likeness (QED) is 0.353. The molecule has 0 aliphatic rings. The lowest BCUT2D eigenvalue weighted by molar-refractivity contribution is 0.112. The number of aryl methyl sites for hydroxylation is 2. The molecule has 0 spiro atoms. The topological polar surface area (TPSA) is 26.3 Å². The largest absolute Gasteiger partial charge is 0.494 e.